The number of fused-ring (bicyclic) bond motifs is 1. The van der Waals surface area contributed by atoms with Crippen molar-refractivity contribution in [2.45, 2.75) is 0 Å². The van der Waals surface area contributed by atoms with Crippen LogP contribution in [-0.4, -0.2) is 0 Å². The minimum absolute atomic E-state index is 0. The van der Waals surface area contributed by atoms with Crippen molar-refractivity contribution in [1.29, 1.82) is 0 Å². The number of halogens is 2. The molecular weight excluding hydrogens is 470 g/mol. The Hall–Kier alpha value is 0.296. The fraction of sp³-hybridized carbons (Fsp3) is 0. The van der Waals surface area contributed by atoms with Gasteiger partial charge in [0.05, 0.1) is 0 Å². The Morgan fingerprint density at radius 3 is 1.00 bits per heavy atom. The zero-order valence-corrected chi connectivity index (χ0v) is 12.4. The standard InChI is InChI=1S/C10H8.2BrH.Os/c1-2-6-10-8-4-3-7-9(10)5-1;;;/h1-8H;2*1H;/q;;;+2/p-2. The summed E-state index contributed by atoms with van der Waals surface area (Å²) in [6.07, 6.45) is 0. The first kappa shape index (κ1) is 15.8. The summed E-state index contributed by atoms with van der Waals surface area (Å²) < 4.78 is 0. The molecule has 2 aromatic carbocycles. The van der Waals surface area contributed by atoms with Crippen LogP contribution in [0.1, 0.15) is 0 Å². The Balaban J connectivity index is 0. The topological polar surface area (TPSA) is 0 Å². The van der Waals surface area contributed by atoms with Crippen molar-refractivity contribution in [3.05, 3.63) is 48.5 Å². The van der Waals surface area contributed by atoms with E-state index in [-0.39, 0.29) is 53.8 Å². The Morgan fingerprint density at radius 1 is 0.538 bits per heavy atom. The number of benzene rings is 2. The molecule has 0 saturated heterocycles. The first-order valence-corrected chi connectivity index (χ1v) is 3.40. The average Bonchev–Trinajstić information content (AvgIpc) is 2.05. The molecule has 0 aliphatic rings. The largest absolute Gasteiger partial charge is 2.00 e. The molecule has 0 heterocycles. The second-order valence-corrected chi connectivity index (χ2v) is 2.35. The molecule has 70 valence electrons. The summed E-state index contributed by atoms with van der Waals surface area (Å²) in [5.74, 6) is 0. The van der Waals surface area contributed by atoms with Crippen molar-refractivity contribution < 1.29 is 53.8 Å². The molecule has 0 aliphatic carbocycles. The van der Waals surface area contributed by atoms with Gasteiger partial charge in [-0.05, 0) is 10.8 Å². The summed E-state index contributed by atoms with van der Waals surface area (Å²) in [6, 6.07) is 16.7. The summed E-state index contributed by atoms with van der Waals surface area (Å²) in [4.78, 5) is 0. The monoisotopic (exact) mass is 478 g/mol. The van der Waals surface area contributed by atoms with Gasteiger partial charge in [-0.15, -0.1) is 0 Å². The van der Waals surface area contributed by atoms with Crippen LogP contribution in [0.15, 0.2) is 48.5 Å². The molecule has 2 aromatic rings. The maximum Gasteiger partial charge on any atom is 2.00 e. The predicted octanol–water partition coefficient (Wildman–Crippen LogP) is -3.15. The van der Waals surface area contributed by atoms with E-state index in [1.807, 2.05) is 0 Å². The van der Waals surface area contributed by atoms with E-state index in [2.05, 4.69) is 48.5 Å². The third-order valence-electron chi connectivity index (χ3n) is 1.66. The van der Waals surface area contributed by atoms with Crippen LogP contribution in [0.2, 0.25) is 0 Å². The van der Waals surface area contributed by atoms with Crippen LogP contribution in [-0.2, 0) is 19.8 Å². The van der Waals surface area contributed by atoms with Gasteiger partial charge < -0.3 is 34.0 Å². The van der Waals surface area contributed by atoms with E-state index in [1.54, 1.807) is 0 Å². The molecule has 0 nitrogen and oxygen atoms in total. The van der Waals surface area contributed by atoms with Gasteiger partial charge in [-0.2, -0.15) is 0 Å². The maximum atomic E-state index is 2.12. The molecule has 0 amide bonds. The van der Waals surface area contributed by atoms with E-state index in [0.29, 0.717) is 0 Å². The fourth-order valence-electron chi connectivity index (χ4n) is 1.13. The molecule has 3 heteroatoms. The Bertz CT molecular complexity index is 284. The van der Waals surface area contributed by atoms with E-state index in [1.165, 1.54) is 10.8 Å². The molecule has 2 rings (SSSR count). The van der Waals surface area contributed by atoms with Crippen molar-refractivity contribution >= 4 is 10.8 Å². The quantitative estimate of drug-likeness (QED) is 0.376. The molecule has 0 radical (unpaired) electrons. The third kappa shape index (κ3) is 3.89. The zero-order valence-electron chi connectivity index (χ0n) is 6.73. The van der Waals surface area contributed by atoms with Gasteiger partial charge in [0.15, 0.2) is 0 Å². The van der Waals surface area contributed by atoms with Crippen LogP contribution in [0.5, 0.6) is 0 Å². The molecule has 13 heavy (non-hydrogen) atoms. The normalized spacial score (nSPS) is 7.69. The van der Waals surface area contributed by atoms with Crippen LogP contribution < -0.4 is 34.0 Å². The van der Waals surface area contributed by atoms with E-state index < -0.39 is 0 Å². The second-order valence-electron chi connectivity index (χ2n) is 2.35. The molecule has 0 spiro atoms. The molecule has 0 bridgehead atoms. The Morgan fingerprint density at radius 2 is 0.769 bits per heavy atom. The van der Waals surface area contributed by atoms with Gasteiger partial charge in [0.25, 0.3) is 0 Å². The van der Waals surface area contributed by atoms with Gasteiger partial charge in [0.1, 0.15) is 0 Å². The van der Waals surface area contributed by atoms with Crippen LogP contribution >= 0.6 is 0 Å². The summed E-state index contributed by atoms with van der Waals surface area (Å²) in [6.45, 7) is 0. The van der Waals surface area contributed by atoms with Crippen molar-refractivity contribution in [3.8, 4) is 0 Å². The number of hydrogen-bond acceptors (Lipinski definition) is 0. The SMILES string of the molecule is [Br-].[Br-].[Os+2].c1ccc2ccccc2c1. The predicted molar refractivity (Wildman–Crippen MR) is 43.9 cm³/mol. The van der Waals surface area contributed by atoms with Crippen LogP contribution in [0, 0.1) is 0 Å². The summed E-state index contributed by atoms with van der Waals surface area (Å²) >= 11 is 0. The van der Waals surface area contributed by atoms with Crippen molar-refractivity contribution in [2.24, 2.45) is 0 Å². The molecule has 0 aromatic heterocycles. The van der Waals surface area contributed by atoms with Gasteiger partial charge in [-0.25, -0.2) is 0 Å². The first-order valence-electron chi connectivity index (χ1n) is 3.40. The molecular formula is C10H8Br2Os. The van der Waals surface area contributed by atoms with E-state index in [0.717, 1.165) is 0 Å². The minimum Gasteiger partial charge on any atom is -1.00 e. The van der Waals surface area contributed by atoms with Gasteiger partial charge >= 0.3 is 19.8 Å². The van der Waals surface area contributed by atoms with Gasteiger partial charge in [0, 0.05) is 0 Å². The third-order valence-corrected chi connectivity index (χ3v) is 1.66. The Labute approximate surface area is 112 Å². The second kappa shape index (κ2) is 7.68. The smallest absolute Gasteiger partial charge is 1.00 e. The number of rotatable bonds is 0. The van der Waals surface area contributed by atoms with Crippen molar-refractivity contribution in [2.75, 3.05) is 0 Å². The fourth-order valence-corrected chi connectivity index (χ4v) is 1.13. The molecule has 0 atom stereocenters. The molecule has 0 saturated carbocycles. The zero-order chi connectivity index (χ0) is 6.81. The number of hydrogen-bond donors (Lipinski definition) is 0. The minimum atomic E-state index is 0. The van der Waals surface area contributed by atoms with E-state index >= 15 is 0 Å². The van der Waals surface area contributed by atoms with Gasteiger partial charge in [0.2, 0.25) is 0 Å². The molecule has 0 unspecified atom stereocenters. The molecule has 0 aliphatic heterocycles. The van der Waals surface area contributed by atoms with Gasteiger partial charge in [-0.3, -0.25) is 0 Å². The van der Waals surface area contributed by atoms with Gasteiger partial charge in [-0.1, -0.05) is 48.5 Å². The summed E-state index contributed by atoms with van der Waals surface area (Å²) in [7, 11) is 0. The summed E-state index contributed by atoms with van der Waals surface area (Å²) in [5, 5.41) is 2.62. The van der Waals surface area contributed by atoms with Crippen LogP contribution in [0.25, 0.3) is 10.8 Å². The first-order chi connectivity index (χ1) is 4.97. The Kier molecular flexibility index (Phi) is 9.30. The summed E-state index contributed by atoms with van der Waals surface area (Å²) in [5.41, 5.74) is 0. The van der Waals surface area contributed by atoms with Crippen LogP contribution in [0.4, 0.5) is 0 Å². The molecule has 0 fully saturated rings. The van der Waals surface area contributed by atoms with Crippen molar-refractivity contribution in [1.82, 2.24) is 0 Å². The van der Waals surface area contributed by atoms with E-state index in [4.69, 9.17) is 0 Å². The maximum absolute atomic E-state index is 2.12. The van der Waals surface area contributed by atoms with Crippen LogP contribution in [0.3, 0.4) is 0 Å². The molecule has 0 N–H and O–H groups in total. The van der Waals surface area contributed by atoms with E-state index in [9.17, 15) is 0 Å². The van der Waals surface area contributed by atoms with Crippen molar-refractivity contribution in [3.63, 3.8) is 0 Å². The average molecular weight is 478 g/mol.